The number of epoxide rings is 1. The van der Waals surface area contributed by atoms with Crippen molar-refractivity contribution in [2.45, 2.75) is 89.6 Å². The molecule has 0 aliphatic carbocycles. The smallest absolute Gasteiger partial charge is 0.184 e. The van der Waals surface area contributed by atoms with Crippen LogP contribution in [-0.2, 0) is 28.4 Å². The minimum absolute atomic E-state index is 0.0380. The summed E-state index contributed by atoms with van der Waals surface area (Å²) in [6, 6.07) is 0. The van der Waals surface area contributed by atoms with Crippen LogP contribution in [-0.4, -0.2) is 82.6 Å². The highest BCUT2D eigenvalue weighted by molar-refractivity contribution is 5.18. The molecule has 2 aliphatic rings. The molecule has 31 heavy (non-hydrogen) atoms. The van der Waals surface area contributed by atoms with Crippen molar-refractivity contribution in [1.29, 1.82) is 0 Å². The van der Waals surface area contributed by atoms with E-state index in [4.69, 9.17) is 28.4 Å². The first-order chi connectivity index (χ1) is 14.8. The molecule has 7 nitrogen and oxygen atoms in total. The van der Waals surface area contributed by atoms with Crippen molar-refractivity contribution in [3.05, 3.63) is 23.8 Å². The van der Waals surface area contributed by atoms with Crippen LogP contribution < -0.4 is 0 Å². The quantitative estimate of drug-likeness (QED) is 0.367. The highest BCUT2D eigenvalue weighted by Gasteiger charge is 2.50. The normalized spacial score (nSPS) is 35.7. The largest absolute Gasteiger partial charge is 0.390 e. The fourth-order valence-corrected chi connectivity index (χ4v) is 4.51. The van der Waals surface area contributed by atoms with Gasteiger partial charge in [0.05, 0.1) is 24.4 Å². The Kier molecular flexibility index (Phi) is 10.6. The lowest BCUT2D eigenvalue weighted by atomic mass is 9.91. The molecule has 0 unspecified atom stereocenters. The van der Waals surface area contributed by atoms with Crippen LogP contribution in [0, 0.1) is 11.8 Å². The Labute approximate surface area is 187 Å². The van der Waals surface area contributed by atoms with Crippen molar-refractivity contribution in [2.75, 3.05) is 28.4 Å². The van der Waals surface area contributed by atoms with Gasteiger partial charge in [0.25, 0.3) is 0 Å². The highest BCUT2D eigenvalue weighted by Crippen LogP contribution is 2.37. The molecule has 0 amide bonds. The molecule has 0 aromatic carbocycles. The third kappa shape index (κ3) is 6.60. The first kappa shape index (κ1) is 26.5. The zero-order valence-corrected chi connectivity index (χ0v) is 20.3. The van der Waals surface area contributed by atoms with E-state index in [1.165, 1.54) is 0 Å². The molecule has 0 spiro atoms. The maximum Gasteiger partial charge on any atom is 0.184 e. The number of hydrogen-bond acceptors (Lipinski definition) is 7. The maximum atomic E-state index is 10.7. The van der Waals surface area contributed by atoms with Gasteiger partial charge in [-0.3, -0.25) is 0 Å². The van der Waals surface area contributed by atoms with E-state index in [0.29, 0.717) is 6.42 Å². The molecule has 0 radical (unpaired) electrons. The summed E-state index contributed by atoms with van der Waals surface area (Å²) < 4.78 is 33.9. The van der Waals surface area contributed by atoms with E-state index >= 15 is 0 Å². The van der Waals surface area contributed by atoms with E-state index in [-0.39, 0.29) is 48.5 Å². The minimum atomic E-state index is -0.551. The lowest BCUT2D eigenvalue weighted by molar-refractivity contribution is -0.256. The predicted molar refractivity (Wildman–Crippen MR) is 119 cm³/mol. The first-order valence-electron chi connectivity index (χ1n) is 11.3. The zero-order chi connectivity index (χ0) is 23.1. The summed E-state index contributed by atoms with van der Waals surface area (Å²) in [6.07, 6.45) is 6.18. The fourth-order valence-electron chi connectivity index (χ4n) is 4.51. The molecule has 1 N–H and O–H groups in total. The van der Waals surface area contributed by atoms with Gasteiger partial charge < -0.3 is 33.5 Å². The Bertz CT molecular complexity index is 588. The van der Waals surface area contributed by atoms with Gasteiger partial charge >= 0.3 is 0 Å². The Morgan fingerprint density at radius 1 is 1.03 bits per heavy atom. The van der Waals surface area contributed by atoms with Crippen LogP contribution >= 0.6 is 0 Å². The second kappa shape index (κ2) is 12.4. The van der Waals surface area contributed by atoms with Gasteiger partial charge in [-0.25, -0.2) is 0 Å². The van der Waals surface area contributed by atoms with Gasteiger partial charge in [0.15, 0.2) is 6.29 Å². The Morgan fingerprint density at radius 2 is 1.71 bits per heavy atom. The average molecular weight is 443 g/mol. The molecular formula is C24H42O7. The molecule has 0 bridgehead atoms. The third-order valence-corrected chi connectivity index (χ3v) is 6.69. The molecule has 7 heteroatoms. The predicted octanol–water partition coefficient (Wildman–Crippen LogP) is 3.11. The molecule has 0 aromatic rings. The van der Waals surface area contributed by atoms with Crippen LogP contribution in [0.5, 0.6) is 0 Å². The van der Waals surface area contributed by atoms with Crippen LogP contribution in [0.15, 0.2) is 23.8 Å². The molecule has 180 valence electrons. The van der Waals surface area contributed by atoms with Crippen molar-refractivity contribution in [1.82, 2.24) is 0 Å². The number of ether oxygens (including phenoxy) is 6. The van der Waals surface area contributed by atoms with Crippen LogP contribution in [0.1, 0.15) is 40.5 Å². The van der Waals surface area contributed by atoms with Crippen molar-refractivity contribution in [2.24, 2.45) is 11.8 Å². The molecule has 2 rings (SSSR count). The summed E-state index contributed by atoms with van der Waals surface area (Å²) in [4.78, 5) is 0. The van der Waals surface area contributed by atoms with E-state index in [0.717, 1.165) is 12.0 Å². The van der Waals surface area contributed by atoms with Crippen LogP contribution in [0.2, 0.25) is 0 Å². The number of aliphatic hydroxyl groups is 1. The second-order valence-electron chi connectivity index (χ2n) is 8.70. The molecule has 2 aliphatic heterocycles. The van der Waals surface area contributed by atoms with E-state index in [9.17, 15) is 5.11 Å². The summed E-state index contributed by atoms with van der Waals surface area (Å²) >= 11 is 0. The lowest BCUT2D eigenvalue weighted by Gasteiger charge is -2.39. The van der Waals surface area contributed by atoms with Crippen LogP contribution in [0.25, 0.3) is 0 Å². The summed E-state index contributed by atoms with van der Waals surface area (Å²) in [6.45, 7) is 8.24. The Balaban J connectivity index is 1.93. The summed E-state index contributed by atoms with van der Waals surface area (Å²) in [5, 5.41) is 10.7. The standard InChI is InChI=1S/C24H42O7/c1-9-17(26-5)16(4)22-23(30-22)20(25)14(2)11-10-12-15(3)21-18(27-6)13-19(28-7)24(29-8)31-21/h10-12,14,16-25H,9,13H2,1-8H3/b11-10+,15-12+/t14-,16+,17-,18+,19+,20+,21-,22-,23-,24+/m0/s1. The number of hydrogen-bond donors (Lipinski definition) is 1. The lowest BCUT2D eigenvalue weighted by Crippen LogP contribution is -2.49. The Hall–Kier alpha value is -0.800. The molecule has 2 heterocycles. The first-order valence-corrected chi connectivity index (χ1v) is 11.3. The molecule has 0 aromatic heterocycles. The zero-order valence-electron chi connectivity index (χ0n) is 20.3. The van der Waals surface area contributed by atoms with Crippen molar-refractivity contribution < 1.29 is 33.5 Å². The van der Waals surface area contributed by atoms with Gasteiger partial charge in [-0.15, -0.1) is 0 Å². The molecular weight excluding hydrogens is 400 g/mol. The molecule has 2 saturated heterocycles. The van der Waals surface area contributed by atoms with Crippen molar-refractivity contribution in [3.63, 3.8) is 0 Å². The third-order valence-electron chi connectivity index (χ3n) is 6.69. The van der Waals surface area contributed by atoms with Crippen molar-refractivity contribution in [3.8, 4) is 0 Å². The van der Waals surface area contributed by atoms with Gasteiger partial charge in [0.1, 0.15) is 18.3 Å². The van der Waals surface area contributed by atoms with Gasteiger partial charge in [-0.1, -0.05) is 39.0 Å². The van der Waals surface area contributed by atoms with Gasteiger partial charge in [0, 0.05) is 46.7 Å². The minimum Gasteiger partial charge on any atom is -0.390 e. The summed E-state index contributed by atoms with van der Waals surface area (Å²) in [7, 11) is 6.68. The molecule has 10 atom stereocenters. The highest BCUT2D eigenvalue weighted by atomic mass is 16.7. The van der Waals surface area contributed by atoms with Gasteiger partial charge in [-0.2, -0.15) is 0 Å². The topological polar surface area (TPSA) is 78.9 Å². The fraction of sp³-hybridized carbons (Fsp3) is 0.833. The average Bonchev–Trinajstić information content (AvgIpc) is 3.58. The van der Waals surface area contributed by atoms with Crippen LogP contribution in [0.3, 0.4) is 0 Å². The van der Waals surface area contributed by atoms with Gasteiger partial charge in [0.2, 0.25) is 0 Å². The number of rotatable bonds is 12. The summed E-state index contributed by atoms with van der Waals surface area (Å²) in [5.74, 6) is 0.219. The van der Waals surface area contributed by atoms with Crippen molar-refractivity contribution >= 4 is 0 Å². The number of methoxy groups -OCH3 is 4. The van der Waals surface area contributed by atoms with Crippen LogP contribution in [0.4, 0.5) is 0 Å². The van der Waals surface area contributed by atoms with E-state index < -0.39 is 12.4 Å². The maximum absolute atomic E-state index is 10.7. The molecule has 2 fully saturated rings. The van der Waals surface area contributed by atoms with E-state index in [1.54, 1.807) is 28.4 Å². The summed E-state index contributed by atoms with van der Waals surface area (Å²) in [5.41, 5.74) is 1.03. The number of allylic oxidation sites excluding steroid dienone is 2. The van der Waals surface area contributed by atoms with E-state index in [2.05, 4.69) is 13.8 Å². The Morgan fingerprint density at radius 3 is 2.26 bits per heavy atom. The SMILES string of the molecule is CC[C@H](OC)[C@@H](C)[C@@H]1O[C@H]1[C@H](O)[C@@H](C)/C=C/C=C(\C)[C@@H]1O[C@@H](OC)[C@H](OC)C[C@H]1OC. The second-order valence-corrected chi connectivity index (χ2v) is 8.70. The number of aliphatic hydroxyl groups excluding tert-OH is 1. The van der Waals surface area contributed by atoms with E-state index in [1.807, 2.05) is 32.1 Å². The monoisotopic (exact) mass is 442 g/mol. The van der Waals surface area contributed by atoms with Gasteiger partial charge in [-0.05, 0) is 18.9 Å². The molecule has 0 saturated carbocycles.